The summed E-state index contributed by atoms with van der Waals surface area (Å²) >= 11 is 6.01. The van der Waals surface area contributed by atoms with Gasteiger partial charge in [0.15, 0.2) is 6.10 Å². The number of nitrogen functional groups attached to an aromatic ring is 1. The number of halogens is 1. The quantitative estimate of drug-likeness (QED) is 0.848. The van der Waals surface area contributed by atoms with Gasteiger partial charge in [-0.15, -0.1) is 0 Å². The fourth-order valence-corrected chi connectivity index (χ4v) is 1.97. The number of ether oxygens (including phenoxy) is 1. The monoisotopic (exact) mass is 304 g/mol. The minimum absolute atomic E-state index is 0.261. The van der Waals surface area contributed by atoms with E-state index in [0.717, 1.165) is 5.56 Å². The molecule has 0 aromatic heterocycles. The summed E-state index contributed by atoms with van der Waals surface area (Å²) in [6.45, 7) is 3.56. The third-order valence-electron chi connectivity index (χ3n) is 3.03. The number of nitrogens with two attached hydrogens (primary N) is 1. The van der Waals surface area contributed by atoms with Crippen LogP contribution in [-0.4, -0.2) is 12.0 Å². The Morgan fingerprint density at radius 3 is 2.71 bits per heavy atom. The number of carbonyl (C=O) groups excluding carboxylic acids is 1. The Hall–Kier alpha value is -2.20. The van der Waals surface area contributed by atoms with Gasteiger partial charge in [-0.3, -0.25) is 4.79 Å². The summed E-state index contributed by atoms with van der Waals surface area (Å²) < 4.78 is 5.57. The van der Waals surface area contributed by atoms with Gasteiger partial charge in [-0.05, 0) is 43.7 Å². The van der Waals surface area contributed by atoms with E-state index in [0.29, 0.717) is 22.1 Å². The molecule has 0 saturated carbocycles. The van der Waals surface area contributed by atoms with Gasteiger partial charge in [0.1, 0.15) is 5.75 Å². The van der Waals surface area contributed by atoms with E-state index in [1.165, 1.54) is 0 Å². The molecular weight excluding hydrogens is 288 g/mol. The molecule has 1 atom stereocenters. The van der Waals surface area contributed by atoms with Crippen LogP contribution in [0.15, 0.2) is 42.5 Å². The molecule has 2 aromatic rings. The molecule has 0 aliphatic carbocycles. The second kappa shape index (κ2) is 6.50. The Kier molecular flexibility index (Phi) is 4.70. The van der Waals surface area contributed by atoms with Gasteiger partial charge in [0.2, 0.25) is 0 Å². The predicted octanol–water partition coefficient (Wildman–Crippen LogP) is 3.64. The van der Waals surface area contributed by atoms with Gasteiger partial charge < -0.3 is 15.8 Å². The Morgan fingerprint density at radius 2 is 2.00 bits per heavy atom. The standard InChI is InChI=1S/C16H17ClN2O2/c1-10-7-8-12(18)9-14(10)19-16(20)11(2)21-15-6-4-3-5-13(15)17/h3-9,11H,18H2,1-2H3,(H,19,20). The van der Waals surface area contributed by atoms with Crippen LogP contribution < -0.4 is 15.8 Å². The van der Waals surface area contributed by atoms with Crippen molar-refractivity contribution >= 4 is 28.9 Å². The van der Waals surface area contributed by atoms with E-state index in [-0.39, 0.29) is 5.91 Å². The lowest BCUT2D eigenvalue weighted by atomic mass is 10.1. The molecule has 5 heteroatoms. The Labute approximate surface area is 128 Å². The lowest BCUT2D eigenvalue weighted by Gasteiger charge is -2.16. The van der Waals surface area contributed by atoms with Crippen molar-refractivity contribution in [2.75, 3.05) is 11.1 Å². The maximum atomic E-state index is 12.2. The molecule has 1 unspecified atom stereocenters. The first-order valence-electron chi connectivity index (χ1n) is 6.55. The molecule has 3 N–H and O–H groups in total. The highest BCUT2D eigenvalue weighted by Gasteiger charge is 2.16. The second-order valence-corrected chi connectivity index (χ2v) is 5.16. The van der Waals surface area contributed by atoms with Gasteiger partial charge in [0, 0.05) is 11.4 Å². The van der Waals surface area contributed by atoms with Crippen molar-refractivity contribution in [3.63, 3.8) is 0 Å². The summed E-state index contributed by atoms with van der Waals surface area (Å²) in [6, 6.07) is 12.4. The SMILES string of the molecule is Cc1ccc(N)cc1NC(=O)C(C)Oc1ccccc1Cl. The van der Waals surface area contributed by atoms with E-state index in [1.807, 2.05) is 13.0 Å². The lowest BCUT2D eigenvalue weighted by Crippen LogP contribution is -2.30. The first-order chi connectivity index (χ1) is 9.97. The molecule has 2 aromatic carbocycles. The molecule has 0 spiro atoms. The molecule has 0 heterocycles. The molecule has 2 rings (SSSR count). The minimum Gasteiger partial charge on any atom is -0.479 e. The first-order valence-corrected chi connectivity index (χ1v) is 6.93. The van der Waals surface area contributed by atoms with Crippen LogP contribution >= 0.6 is 11.6 Å². The number of para-hydroxylation sites is 1. The predicted molar refractivity (Wildman–Crippen MR) is 85.8 cm³/mol. The summed E-state index contributed by atoms with van der Waals surface area (Å²) in [5, 5.41) is 3.27. The Bertz CT molecular complexity index is 658. The topological polar surface area (TPSA) is 64.3 Å². The van der Waals surface area contributed by atoms with E-state index in [4.69, 9.17) is 22.1 Å². The number of carbonyl (C=O) groups is 1. The van der Waals surface area contributed by atoms with E-state index in [9.17, 15) is 4.79 Å². The van der Waals surface area contributed by atoms with E-state index < -0.39 is 6.10 Å². The molecule has 0 saturated heterocycles. The Balaban J connectivity index is 2.06. The van der Waals surface area contributed by atoms with Gasteiger partial charge in [0.25, 0.3) is 5.91 Å². The minimum atomic E-state index is -0.675. The van der Waals surface area contributed by atoms with Gasteiger partial charge >= 0.3 is 0 Å². The van der Waals surface area contributed by atoms with Crippen LogP contribution in [-0.2, 0) is 4.79 Å². The van der Waals surface area contributed by atoms with Crippen molar-refractivity contribution in [2.45, 2.75) is 20.0 Å². The molecular formula is C16H17ClN2O2. The van der Waals surface area contributed by atoms with Crippen molar-refractivity contribution in [2.24, 2.45) is 0 Å². The second-order valence-electron chi connectivity index (χ2n) is 4.75. The van der Waals surface area contributed by atoms with Crippen molar-refractivity contribution in [1.82, 2.24) is 0 Å². The number of anilines is 2. The van der Waals surface area contributed by atoms with Gasteiger partial charge in [-0.2, -0.15) is 0 Å². The first kappa shape index (κ1) is 15.2. The number of nitrogens with one attached hydrogen (secondary N) is 1. The molecule has 0 radical (unpaired) electrons. The van der Waals surface area contributed by atoms with Crippen LogP contribution in [0.2, 0.25) is 5.02 Å². The average Bonchev–Trinajstić information content (AvgIpc) is 2.45. The number of hydrogen-bond acceptors (Lipinski definition) is 3. The molecule has 110 valence electrons. The fraction of sp³-hybridized carbons (Fsp3) is 0.188. The highest BCUT2D eigenvalue weighted by Crippen LogP contribution is 2.25. The molecule has 0 aliphatic rings. The molecule has 4 nitrogen and oxygen atoms in total. The zero-order valence-corrected chi connectivity index (χ0v) is 12.6. The summed E-state index contributed by atoms with van der Waals surface area (Å²) in [5.74, 6) is 0.217. The fourth-order valence-electron chi connectivity index (χ4n) is 1.79. The third kappa shape index (κ3) is 3.89. The van der Waals surface area contributed by atoms with E-state index >= 15 is 0 Å². The summed E-state index contributed by atoms with van der Waals surface area (Å²) in [7, 11) is 0. The summed E-state index contributed by atoms with van der Waals surface area (Å²) in [6.07, 6.45) is -0.675. The van der Waals surface area contributed by atoms with Crippen LogP contribution in [0, 0.1) is 6.92 Å². The van der Waals surface area contributed by atoms with Gasteiger partial charge in [-0.1, -0.05) is 29.8 Å². The van der Waals surface area contributed by atoms with Crippen LogP contribution in [0.25, 0.3) is 0 Å². The third-order valence-corrected chi connectivity index (χ3v) is 3.34. The highest BCUT2D eigenvalue weighted by molar-refractivity contribution is 6.32. The van der Waals surface area contributed by atoms with Crippen LogP contribution in [0.4, 0.5) is 11.4 Å². The zero-order chi connectivity index (χ0) is 15.4. The molecule has 21 heavy (non-hydrogen) atoms. The van der Waals surface area contributed by atoms with Crippen LogP contribution in [0.3, 0.4) is 0 Å². The van der Waals surface area contributed by atoms with E-state index in [2.05, 4.69) is 5.32 Å². The largest absolute Gasteiger partial charge is 0.479 e. The van der Waals surface area contributed by atoms with Crippen molar-refractivity contribution in [3.05, 3.63) is 53.1 Å². The summed E-state index contributed by atoms with van der Waals surface area (Å²) in [5.41, 5.74) is 7.92. The normalized spacial score (nSPS) is 11.8. The smallest absolute Gasteiger partial charge is 0.265 e. The molecule has 0 aliphatic heterocycles. The van der Waals surface area contributed by atoms with Crippen molar-refractivity contribution in [1.29, 1.82) is 0 Å². The van der Waals surface area contributed by atoms with E-state index in [1.54, 1.807) is 43.3 Å². The average molecular weight is 305 g/mol. The maximum Gasteiger partial charge on any atom is 0.265 e. The van der Waals surface area contributed by atoms with Crippen LogP contribution in [0.5, 0.6) is 5.75 Å². The zero-order valence-electron chi connectivity index (χ0n) is 11.9. The van der Waals surface area contributed by atoms with Crippen molar-refractivity contribution < 1.29 is 9.53 Å². The molecule has 1 amide bonds. The summed E-state index contributed by atoms with van der Waals surface area (Å²) in [4.78, 5) is 12.2. The van der Waals surface area contributed by atoms with Gasteiger partial charge in [0.05, 0.1) is 5.02 Å². The number of hydrogen-bond donors (Lipinski definition) is 2. The Morgan fingerprint density at radius 1 is 1.29 bits per heavy atom. The molecule has 0 bridgehead atoms. The molecule has 0 fully saturated rings. The maximum absolute atomic E-state index is 12.2. The number of aryl methyl sites for hydroxylation is 1. The van der Waals surface area contributed by atoms with Crippen LogP contribution in [0.1, 0.15) is 12.5 Å². The van der Waals surface area contributed by atoms with Crippen molar-refractivity contribution in [3.8, 4) is 5.75 Å². The lowest BCUT2D eigenvalue weighted by molar-refractivity contribution is -0.122. The highest BCUT2D eigenvalue weighted by atomic mass is 35.5. The van der Waals surface area contributed by atoms with Gasteiger partial charge in [-0.25, -0.2) is 0 Å². The number of rotatable bonds is 4. The number of benzene rings is 2. The number of amides is 1.